The first kappa shape index (κ1) is 13.3. The molecule has 1 aliphatic heterocycles. The van der Waals surface area contributed by atoms with Crippen molar-refractivity contribution in [1.82, 2.24) is 4.90 Å². The Balaban J connectivity index is 1.95. The molecule has 0 amide bonds. The molecule has 2 unspecified atom stereocenters. The Morgan fingerprint density at radius 3 is 2.47 bits per heavy atom. The summed E-state index contributed by atoms with van der Waals surface area (Å²) in [6.45, 7) is 2.74. The largest absolute Gasteiger partial charge is 0.381 e. The van der Waals surface area contributed by atoms with Crippen LogP contribution in [0.2, 0.25) is 0 Å². The van der Waals surface area contributed by atoms with Crippen LogP contribution in [0.4, 0.5) is 0 Å². The summed E-state index contributed by atoms with van der Waals surface area (Å²) >= 11 is 0. The molecule has 2 N–H and O–H groups in total. The van der Waals surface area contributed by atoms with E-state index in [1.54, 1.807) is 0 Å². The smallest absolute Gasteiger partial charge is 0.0480 e. The van der Waals surface area contributed by atoms with Gasteiger partial charge < -0.3 is 10.5 Å². The van der Waals surface area contributed by atoms with E-state index < -0.39 is 0 Å². The normalized spacial score (nSPS) is 32.6. The molecule has 2 atom stereocenters. The highest BCUT2D eigenvalue weighted by atomic mass is 16.5. The highest BCUT2D eigenvalue weighted by Gasteiger charge is 2.30. The van der Waals surface area contributed by atoms with E-state index >= 15 is 0 Å². The van der Waals surface area contributed by atoms with E-state index in [1.807, 2.05) is 0 Å². The van der Waals surface area contributed by atoms with Gasteiger partial charge in [-0.2, -0.15) is 0 Å². The van der Waals surface area contributed by atoms with Gasteiger partial charge in [0.15, 0.2) is 0 Å². The topological polar surface area (TPSA) is 38.5 Å². The molecule has 0 bridgehead atoms. The molecule has 100 valence electrons. The van der Waals surface area contributed by atoms with Crippen LogP contribution in [0.15, 0.2) is 0 Å². The number of hydrogen-bond acceptors (Lipinski definition) is 3. The number of hydrogen-bond donors (Lipinski definition) is 1. The molecule has 1 heterocycles. The fraction of sp³-hybridized carbons (Fsp3) is 1.00. The first-order valence-corrected chi connectivity index (χ1v) is 7.32. The highest BCUT2D eigenvalue weighted by Crippen LogP contribution is 2.29. The van der Waals surface area contributed by atoms with Crippen molar-refractivity contribution in [3.8, 4) is 0 Å². The van der Waals surface area contributed by atoms with Crippen LogP contribution in [0.5, 0.6) is 0 Å². The first-order valence-electron chi connectivity index (χ1n) is 7.32. The molecule has 2 rings (SSSR count). The Kier molecular flexibility index (Phi) is 5.26. The van der Waals surface area contributed by atoms with Gasteiger partial charge in [-0.25, -0.2) is 0 Å². The molecule has 2 fully saturated rings. The van der Waals surface area contributed by atoms with E-state index in [1.165, 1.54) is 44.9 Å². The third-order valence-corrected chi connectivity index (χ3v) is 4.71. The Bertz CT molecular complexity index is 216. The minimum atomic E-state index is 0.713. The lowest BCUT2D eigenvalue weighted by Crippen LogP contribution is -2.47. The third kappa shape index (κ3) is 3.43. The maximum Gasteiger partial charge on any atom is 0.0480 e. The summed E-state index contributed by atoms with van der Waals surface area (Å²) in [5, 5.41) is 0. The van der Waals surface area contributed by atoms with Crippen molar-refractivity contribution in [3.05, 3.63) is 0 Å². The van der Waals surface area contributed by atoms with E-state index in [2.05, 4.69) is 11.9 Å². The van der Waals surface area contributed by atoms with Gasteiger partial charge in [0.25, 0.3) is 0 Å². The Hall–Kier alpha value is -0.120. The molecule has 2 aliphatic rings. The number of nitrogens with zero attached hydrogens (tertiary/aromatic N) is 1. The fourth-order valence-corrected chi connectivity index (χ4v) is 3.54. The van der Waals surface area contributed by atoms with Crippen LogP contribution in [0.1, 0.15) is 44.9 Å². The summed E-state index contributed by atoms with van der Waals surface area (Å²) in [5.74, 6) is 0.713. The maximum absolute atomic E-state index is 5.98. The van der Waals surface area contributed by atoms with Crippen molar-refractivity contribution >= 4 is 0 Å². The van der Waals surface area contributed by atoms with Crippen LogP contribution in [0.3, 0.4) is 0 Å². The third-order valence-electron chi connectivity index (χ3n) is 4.71. The molecule has 0 spiro atoms. The van der Waals surface area contributed by atoms with Crippen molar-refractivity contribution in [3.63, 3.8) is 0 Å². The van der Waals surface area contributed by atoms with Crippen molar-refractivity contribution in [1.29, 1.82) is 0 Å². The van der Waals surface area contributed by atoms with Gasteiger partial charge >= 0.3 is 0 Å². The van der Waals surface area contributed by atoms with E-state index in [0.717, 1.165) is 25.8 Å². The number of ether oxygens (including phenoxy) is 1. The SMILES string of the molecule is CN(C1CCOCC1)C1CCCCCC1CN. The van der Waals surface area contributed by atoms with Crippen molar-refractivity contribution in [2.45, 2.75) is 57.0 Å². The van der Waals surface area contributed by atoms with Gasteiger partial charge in [-0.1, -0.05) is 19.3 Å². The molecule has 1 saturated heterocycles. The van der Waals surface area contributed by atoms with Gasteiger partial charge in [-0.3, -0.25) is 4.90 Å². The number of rotatable bonds is 3. The van der Waals surface area contributed by atoms with Crippen LogP contribution in [-0.4, -0.2) is 43.8 Å². The van der Waals surface area contributed by atoms with Gasteiger partial charge in [0.1, 0.15) is 0 Å². The summed E-state index contributed by atoms with van der Waals surface area (Å²) < 4.78 is 5.46. The molecule has 17 heavy (non-hydrogen) atoms. The highest BCUT2D eigenvalue weighted by molar-refractivity contribution is 4.85. The predicted octanol–water partition coefficient (Wildman–Crippen LogP) is 2.00. The molecule has 1 aliphatic carbocycles. The zero-order chi connectivity index (χ0) is 12.1. The van der Waals surface area contributed by atoms with E-state index in [-0.39, 0.29) is 0 Å². The molecule has 0 radical (unpaired) electrons. The lowest BCUT2D eigenvalue weighted by atomic mass is 9.91. The second-order valence-corrected chi connectivity index (χ2v) is 5.71. The fourth-order valence-electron chi connectivity index (χ4n) is 3.54. The average Bonchev–Trinajstić information content (AvgIpc) is 2.64. The van der Waals surface area contributed by atoms with Crippen LogP contribution >= 0.6 is 0 Å². The predicted molar refractivity (Wildman–Crippen MR) is 71.0 cm³/mol. The second kappa shape index (κ2) is 6.72. The van der Waals surface area contributed by atoms with Crippen molar-refractivity contribution in [2.75, 3.05) is 26.8 Å². The molecular weight excluding hydrogens is 212 g/mol. The first-order chi connectivity index (χ1) is 8.33. The van der Waals surface area contributed by atoms with Gasteiger partial charge in [0.2, 0.25) is 0 Å². The van der Waals surface area contributed by atoms with Crippen LogP contribution < -0.4 is 5.73 Å². The quantitative estimate of drug-likeness (QED) is 0.767. The standard InChI is InChI=1S/C14H28N2O/c1-16(13-7-9-17-10-8-13)14-6-4-2-3-5-12(14)11-15/h12-14H,2-11,15H2,1H3. The Morgan fingerprint density at radius 1 is 1.06 bits per heavy atom. The number of nitrogens with two attached hydrogens (primary N) is 1. The molecule has 1 saturated carbocycles. The Labute approximate surface area is 106 Å². The molecule has 3 nitrogen and oxygen atoms in total. The zero-order valence-corrected chi connectivity index (χ0v) is 11.2. The van der Waals surface area contributed by atoms with E-state index in [9.17, 15) is 0 Å². The minimum absolute atomic E-state index is 0.713. The molecule has 0 aromatic carbocycles. The van der Waals surface area contributed by atoms with Gasteiger partial charge in [0.05, 0.1) is 0 Å². The zero-order valence-electron chi connectivity index (χ0n) is 11.2. The summed E-state index contributed by atoms with van der Waals surface area (Å²) in [6, 6.07) is 1.44. The van der Waals surface area contributed by atoms with Crippen molar-refractivity contribution < 1.29 is 4.74 Å². The maximum atomic E-state index is 5.98. The second-order valence-electron chi connectivity index (χ2n) is 5.71. The lowest BCUT2D eigenvalue weighted by Gasteiger charge is -2.40. The Morgan fingerprint density at radius 2 is 1.76 bits per heavy atom. The summed E-state index contributed by atoms with van der Waals surface area (Å²) in [4.78, 5) is 2.63. The molecule has 0 aromatic heterocycles. The molecule has 0 aromatic rings. The van der Waals surface area contributed by atoms with Gasteiger partial charge in [0, 0.05) is 25.3 Å². The minimum Gasteiger partial charge on any atom is -0.381 e. The summed E-state index contributed by atoms with van der Waals surface area (Å²) in [6.07, 6.45) is 9.22. The molecular formula is C14H28N2O. The molecule has 3 heteroatoms. The van der Waals surface area contributed by atoms with Crippen LogP contribution in [0.25, 0.3) is 0 Å². The van der Waals surface area contributed by atoms with E-state index in [0.29, 0.717) is 12.0 Å². The van der Waals surface area contributed by atoms with E-state index in [4.69, 9.17) is 10.5 Å². The van der Waals surface area contributed by atoms with Gasteiger partial charge in [-0.15, -0.1) is 0 Å². The summed E-state index contributed by atoms with van der Waals surface area (Å²) in [5.41, 5.74) is 5.98. The van der Waals surface area contributed by atoms with Crippen molar-refractivity contribution in [2.24, 2.45) is 11.7 Å². The van der Waals surface area contributed by atoms with Crippen LogP contribution in [0, 0.1) is 5.92 Å². The van der Waals surface area contributed by atoms with Gasteiger partial charge in [-0.05, 0) is 45.2 Å². The van der Waals surface area contributed by atoms with Crippen LogP contribution in [-0.2, 0) is 4.74 Å². The lowest BCUT2D eigenvalue weighted by molar-refractivity contribution is 0.0164. The summed E-state index contributed by atoms with van der Waals surface area (Å²) in [7, 11) is 2.31. The average molecular weight is 240 g/mol. The monoisotopic (exact) mass is 240 g/mol.